The molecule has 7 heteroatoms. The van der Waals surface area contributed by atoms with Gasteiger partial charge in [-0.25, -0.2) is 0 Å². The number of nitrogens with zero attached hydrogens (tertiary/aromatic N) is 2. The Labute approximate surface area is 139 Å². The van der Waals surface area contributed by atoms with Crippen molar-refractivity contribution in [2.45, 2.75) is 17.1 Å². The van der Waals surface area contributed by atoms with Crippen LogP contribution >= 0.6 is 11.8 Å². The SMILES string of the molecule is CC1S/C(=N/S(=O)(=O)c2ccccc2)N(c2ccccc2)C1=O. The van der Waals surface area contributed by atoms with E-state index in [0.717, 1.165) is 11.8 Å². The molecule has 1 aliphatic heterocycles. The molecule has 3 rings (SSSR count). The minimum atomic E-state index is -3.86. The highest BCUT2D eigenvalue weighted by molar-refractivity contribution is 8.16. The monoisotopic (exact) mass is 346 g/mol. The first-order chi connectivity index (χ1) is 11.0. The molecule has 23 heavy (non-hydrogen) atoms. The molecule has 1 fully saturated rings. The molecule has 1 unspecified atom stereocenters. The van der Waals surface area contributed by atoms with Crippen LogP contribution in [0.15, 0.2) is 70.0 Å². The fraction of sp³-hybridized carbons (Fsp3) is 0.125. The molecule has 0 N–H and O–H groups in total. The van der Waals surface area contributed by atoms with E-state index >= 15 is 0 Å². The molecule has 1 saturated heterocycles. The van der Waals surface area contributed by atoms with E-state index in [9.17, 15) is 13.2 Å². The molecule has 0 radical (unpaired) electrons. The fourth-order valence-electron chi connectivity index (χ4n) is 2.16. The lowest BCUT2D eigenvalue weighted by Gasteiger charge is -2.15. The highest BCUT2D eigenvalue weighted by Crippen LogP contribution is 2.32. The van der Waals surface area contributed by atoms with E-state index in [1.54, 1.807) is 49.4 Å². The topological polar surface area (TPSA) is 66.8 Å². The average Bonchev–Trinajstić information content (AvgIpc) is 2.82. The first kappa shape index (κ1) is 15.8. The van der Waals surface area contributed by atoms with Crippen LogP contribution in [0.4, 0.5) is 5.69 Å². The summed E-state index contributed by atoms with van der Waals surface area (Å²) in [5.74, 6) is -0.178. The van der Waals surface area contributed by atoms with Crippen molar-refractivity contribution >= 4 is 38.5 Å². The molecular weight excluding hydrogens is 332 g/mol. The molecule has 118 valence electrons. The summed E-state index contributed by atoms with van der Waals surface area (Å²) in [5, 5.41) is -0.197. The molecular formula is C16H14N2O3S2. The molecule has 0 bridgehead atoms. The normalized spacial score (nSPS) is 20.2. The second-order valence-corrected chi connectivity index (χ2v) is 7.84. The van der Waals surface area contributed by atoms with Crippen LogP contribution in [-0.4, -0.2) is 24.7 Å². The third-order valence-corrected chi connectivity index (χ3v) is 5.73. The van der Waals surface area contributed by atoms with E-state index in [1.807, 2.05) is 6.07 Å². The number of carbonyl (C=O) groups is 1. The first-order valence-corrected chi connectivity index (χ1v) is 9.27. The molecule has 1 amide bonds. The van der Waals surface area contributed by atoms with Crippen molar-refractivity contribution in [3.63, 3.8) is 0 Å². The summed E-state index contributed by atoms with van der Waals surface area (Å²) in [4.78, 5) is 13.8. The molecule has 1 aliphatic rings. The maximum Gasteiger partial charge on any atom is 0.284 e. The number of rotatable bonds is 3. The number of benzene rings is 2. The zero-order chi connectivity index (χ0) is 16.4. The second-order valence-electron chi connectivity index (χ2n) is 4.93. The van der Waals surface area contributed by atoms with Gasteiger partial charge in [0.1, 0.15) is 0 Å². The third kappa shape index (κ3) is 3.16. The van der Waals surface area contributed by atoms with E-state index in [-0.39, 0.29) is 21.2 Å². The van der Waals surface area contributed by atoms with Crippen LogP contribution in [0.25, 0.3) is 0 Å². The molecule has 0 spiro atoms. The van der Waals surface area contributed by atoms with Gasteiger partial charge in [0.2, 0.25) is 5.91 Å². The quantitative estimate of drug-likeness (QED) is 0.857. The summed E-state index contributed by atoms with van der Waals surface area (Å²) in [6.45, 7) is 1.74. The predicted octanol–water partition coefficient (Wildman–Crippen LogP) is 2.90. The van der Waals surface area contributed by atoms with Crippen molar-refractivity contribution in [3.05, 3.63) is 60.7 Å². The van der Waals surface area contributed by atoms with E-state index in [1.165, 1.54) is 17.0 Å². The number of carbonyl (C=O) groups excluding carboxylic acids is 1. The van der Waals surface area contributed by atoms with Gasteiger partial charge < -0.3 is 0 Å². The smallest absolute Gasteiger partial charge is 0.273 e. The van der Waals surface area contributed by atoms with Gasteiger partial charge >= 0.3 is 0 Å². The number of hydrogen-bond donors (Lipinski definition) is 0. The lowest BCUT2D eigenvalue weighted by molar-refractivity contribution is -0.116. The summed E-state index contributed by atoms with van der Waals surface area (Å²) in [6, 6.07) is 16.9. The van der Waals surface area contributed by atoms with Crippen LogP contribution in [0.1, 0.15) is 6.92 Å². The molecule has 1 atom stereocenters. The van der Waals surface area contributed by atoms with Gasteiger partial charge in [0.15, 0.2) is 5.17 Å². The minimum absolute atomic E-state index is 0.105. The third-order valence-electron chi connectivity index (χ3n) is 3.30. The summed E-state index contributed by atoms with van der Waals surface area (Å²) in [7, 11) is -3.86. The van der Waals surface area contributed by atoms with Gasteiger partial charge in [-0.05, 0) is 31.2 Å². The van der Waals surface area contributed by atoms with Crippen molar-refractivity contribution in [1.29, 1.82) is 0 Å². The van der Waals surface area contributed by atoms with Crippen molar-refractivity contribution in [1.82, 2.24) is 0 Å². The van der Waals surface area contributed by atoms with Gasteiger partial charge in [-0.3, -0.25) is 9.69 Å². The largest absolute Gasteiger partial charge is 0.284 e. The second kappa shape index (κ2) is 6.17. The molecule has 2 aromatic carbocycles. The van der Waals surface area contributed by atoms with Gasteiger partial charge in [-0.15, -0.1) is 4.40 Å². The summed E-state index contributed by atoms with van der Waals surface area (Å²) < 4.78 is 28.8. The lowest BCUT2D eigenvalue weighted by Crippen LogP contribution is -2.31. The van der Waals surface area contributed by atoms with E-state index in [4.69, 9.17) is 0 Å². The van der Waals surface area contributed by atoms with Gasteiger partial charge in [0, 0.05) is 0 Å². The molecule has 1 heterocycles. The van der Waals surface area contributed by atoms with Crippen LogP contribution in [0.5, 0.6) is 0 Å². The maximum absolute atomic E-state index is 12.4. The number of amidine groups is 1. The Kier molecular flexibility index (Phi) is 4.23. The van der Waals surface area contributed by atoms with Crippen molar-refractivity contribution in [2.75, 3.05) is 4.90 Å². The Balaban J connectivity index is 2.05. The van der Waals surface area contributed by atoms with Gasteiger partial charge in [0.25, 0.3) is 10.0 Å². The van der Waals surface area contributed by atoms with Crippen LogP contribution in [-0.2, 0) is 14.8 Å². The highest BCUT2D eigenvalue weighted by Gasteiger charge is 2.37. The molecule has 0 aromatic heterocycles. The standard InChI is InChI=1S/C16H14N2O3S2/c1-12-15(19)18(13-8-4-2-5-9-13)16(22-12)17-23(20,21)14-10-6-3-7-11-14/h2-12H,1H3/b17-16+. The van der Waals surface area contributed by atoms with Crippen LogP contribution < -0.4 is 4.90 Å². The van der Waals surface area contributed by atoms with Gasteiger partial charge in [0.05, 0.1) is 15.8 Å². The summed E-state index contributed by atoms with van der Waals surface area (Å²) in [5.41, 5.74) is 0.608. The number of para-hydroxylation sites is 1. The Morgan fingerprint density at radius 2 is 1.57 bits per heavy atom. The van der Waals surface area contributed by atoms with E-state index in [2.05, 4.69) is 4.40 Å². The molecule has 0 saturated carbocycles. The number of amides is 1. The Morgan fingerprint density at radius 1 is 1.00 bits per heavy atom. The maximum atomic E-state index is 12.4. The highest BCUT2D eigenvalue weighted by atomic mass is 32.2. The molecule has 2 aromatic rings. The number of anilines is 1. The van der Waals surface area contributed by atoms with Crippen molar-refractivity contribution in [3.8, 4) is 0 Å². The Hall–Kier alpha value is -2.12. The first-order valence-electron chi connectivity index (χ1n) is 6.95. The number of hydrogen-bond acceptors (Lipinski definition) is 4. The van der Waals surface area contributed by atoms with Crippen LogP contribution in [0.2, 0.25) is 0 Å². The van der Waals surface area contributed by atoms with Crippen molar-refractivity contribution in [2.24, 2.45) is 4.40 Å². The van der Waals surface area contributed by atoms with Gasteiger partial charge in [-0.2, -0.15) is 8.42 Å². The summed E-state index contributed by atoms with van der Waals surface area (Å²) >= 11 is 1.15. The van der Waals surface area contributed by atoms with Crippen LogP contribution in [0, 0.1) is 0 Å². The zero-order valence-electron chi connectivity index (χ0n) is 12.3. The minimum Gasteiger partial charge on any atom is -0.273 e. The molecule has 5 nitrogen and oxygen atoms in total. The Morgan fingerprint density at radius 3 is 2.17 bits per heavy atom. The lowest BCUT2D eigenvalue weighted by atomic mass is 10.3. The average molecular weight is 346 g/mol. The van der Waals surface area contributed by atoms with Crippen LogP contribution in [0.3, 0.4) is 0 Å². The Bertz CT molecular complexity index is 849. The zero-order valence-corrected chi connectivity index (χ0v) is 13.9. The van der Waals surface area contributed by atoms with E-state index < -0.39 is 10.0 Å². The fourth-order valence-corrected chi connectivity index (χ4v) is 4.35. The summed E-state index contributed by atoms with van der Waals surface area (Å²) in [6.07, 6.45) is 0. The van der Waals surface area contributed by atoms with Gasteiger partial charge in [-0.1, -0.05) is 48.2 Å². The number of thioether (sulfide) groups is 1. The van der Waals surface area contributed by atoms with E-state index in [0.29, 0.717) is 5.69 Å². The predicted molar refractivity (Wildman–Crippen MR) is 92.0 cm³/mol. The molecule has 0 aliphatic carbocycles. The number of sulfonamides is 1. The van der Waals surface area contributed by atoms with Crippen molar-refractivity contribution < 1.29 is 13.2 Å².